The molecule has 0 spiro atoms. The zero-order valence-corrected chi connectivity index (χ0v) is 19.6. The maximum absolute atomic E-state index is 5.64. The molecule has 0 amide bonds. The van der Waals surface area contributed by atoms with Crippen molar-refractivity contribution in [1.29, 1.82) is 0 Å². The van der Waals surface area contributed by atoms with Gasteiger partial charge in [0.1, 0.15) is 5.52 Å². The summed E-state index contributed by atoms with van der Waals surface area (Å²) in [6.07, 6.45) is 3.36. The van der Waals surface area contributed by atoms with Crippen molar-refractivity contribution in [3.63, 3.8) is 0 Å². The minimum atomic E-state index is 0.251. The van der Waals surface area contributed by atoms with E-state index in [0.717, 1.165) is 52.5 Å². The second kappa shape index (κ2) is 8.91. The van der Waals surface area contributed by atoms with Gasteiger partial charge in [0.2, 0.25) is 5.88 Å². The predicted molar refractivity (Wildman–Crippen MR) is 124 cm³/mol. The van der Waals surface area contributed by atoms with Crippen molar-refractivity contribution in [2.24, 2.45) is 0 Å². The number of aryl methyl sites for hydroxylation is 2. The third kappa shape index (κ3) is 4.15. The maximum Gasteiger partial charge on any atom is 0.222 e. The van der Waals surface area contributed by atoms with Crippen LogP contribution in [0.2, 0.25) is 0 Å². The summed E-state index contributed by atoms with van der Waals surface area (Å²) in [7, 11) is 1.66. The van der Waals surface area contributed by atoms with E-state index in [1.54, 1.807) is 7.11 Å². The standard InChI is InChI=1S/C24H34N6O/c1-7-19-22(18-10-11-20(15(2)3)26-24(18)31-6)27-21-17(5)28-30(23(21)25-19)16(4)14-29-12-8-9-13-29/h10-11,15-16H,7-9,12-14H2,1-6H3. The summed E-state index contributed by atoms with van der Waals surface area (Å²) in [5, 5.41) is 4.84. The molecule has 1 unspecified atom stereocenters. The zero-order valence-electron chi connectivity index (χ0n) is 19.6. The van der Waals surface area contributed by atoms with Gasteiger partial charge in [0.05, 0.1) is 35.8 Å². The van der Waals surface area contributed by atoms with Crippen LogP contribution in [0.3, 0.4) is 0 Å². The first-order valence-electron chi connectivity index (χ1n) is 11.5. The van der Waals surface area contributed by atoms with Crippen molar-refractivity contribution in [1.82, 2.24) is 29.6 Å². The van der Waals surface area contributed by atoms with Crippen molar-refractivity contribution < 1.29 is 4.74 Å². The molecule has 166 valence electrons. The Balaban J connectivity index is 1.79. The van der Waals surface area contributed by atoms with Crippen molar-refractivity contribution in [3.05, 3.63) is 29.2 Å². The molecule has 0 N–H and O–H groups in total. The fourth-order valence-electron chi connectivity index (χ4n) is 4.42. The van der Waals surface area contributed by atoms with Crippen molar-refractivity contribution in [3.8, 4) is 17.1 Å². The first-order valence-corrected chi connectivity index (χ1v) is 11.5. The van der Waals surface area contributed by atoms with Crippen LogP contribution >= 0.6 is 0 Å². The van der Waals surface area contributed by atoms with E-state index in [9.17, 15) is 0 Å². The lowest BCUT2D eigenvalue weighted by Crippen LogP contribution is -2.27. The summed E-state index contributed by atoms with van der Waals surface area (Å²) >= 11 is 0. The van der Waals surface area contributed by atoms with Gasteiger partial charge in [0.15, 0.2) is 5.65 Å². The number of hydrogen-bond acceptors (Lipinski definition) is 6. The third-order valence-electron chi connectivity index (χ3n) is 6.16. The van der Waals surface area contributed by atoms with Crippen LogP contribution in [0.4, 0.5) is 0 Å². The van der Waals surface area contributed by atoms with E-state index >= 15 is 0 Å². The van der Waals surface area contributed by atoms with Gasteiger partial charge in [-0.3, -0.25) is 0 Å². The number of ether oxygens (including phenoxy) is 1. The highest BCUT2D eigenvalue weighted by Crippen LogP contribution is 2.33. The highest BCUT2D eigenvalue weighted by molar-refractivity contribution is 5.79. The summed E-state index contributed by atoms with van der Waals surface area (Å²) < 4.78 is 7.71. The van der Waals surface area contributed by atoms with Crippen LogP contribution in [0.5, 0.6) is 5.88 Å². The van der Waals surface area contributed by atoms with E-state index in [1.165, 1.54) is 25.9 Å². The number of likely N-dealkylation sites (tertiary alicyclic amines) is 1. The smallest absolute Gasteiger partial charge is 0.222 e. The lowest BCUT2D eigenvalue weighted by atomic mass is 10.1. The summed E-state index contributed by atoms with van der Waals surface area (Å²) in [6, 6.07) is 4.37. The highest BCUT2D eigenvalue weighted by atomic mass is 16.5. The molecule has 7 heteroatoms. The predicted octanol–water partition coefficient (Wildman–Crippen LogP) is 4.55. The van der Waals surface area contributed by atoms with E-state index in [1.807, 2.05) is 6.92 Å². The molecule has 1 saturated heterocycles. The van der Waals surface area contributed by atoms with Gasteiger partial charge in [-0.05, 0) is 64.3 Å². The Morgan fingerprint density at radius 3 is 2.45 bits per heavy atom. The Labute approximate surface area is 184 Å². The number of fused-ring (bicyclic) bond motifs is 1. The Morgan fingerprint density at radius 2 is 1.81 bits per heavy atom. The van der Waals surface area contributed by atoms with Crippen molar-refractivity contribution >= 4 is 11.2 Å². The second-order valence-corrected chi connectivity index (χ2v) is 8.88. The lowest BCUT2D eigenvalue weighted by Gasteiger charge is -2.21. The normalized spacial score (nSPS) is 15.8. The number of hydrogen-bond donors (Lipinski definition) is 0. The number of rotatable bonds is 7. The van der Waals surface area contributed by atoms with Gasteiger partial charge in [-0.2, -0.15) is 5.10 Å². The van der Waals surface area contributed by atoms with Crippen LogP contribution in [0.25, 0.3) is 22.4 Å². The van der Waals surface area contributed by atoms with Crippen LogP contribution < -0.4 is 4.74 Å². The number of pyridine rings is 1. The molecule has 0 aromatic carbocycles. The minimum Gasteiger partial charge on any atom is -0.480 e. The van der Waals surface area contributed by atoms with E-state index in [0.29, 0.717) is 11.8 Å². The second-order valence-electron chi connectivity index (χ2n) is 8.88. The SMILES string of the molecule is CCc1nc2c(nc1-c1ccc(C(C)C)nc1OC)c(C)nn2C(C)CN1CCCC1. The van der Waals surface area contributed by atoms with E-state index in [2.05, 4.69) is 49.4 Å². The molecule has 7 nitrogen and oxygen atoms in total. The third-order valence-corrected chi connectivity index (χ3v) is 6.16. The fraction of sp³-hybridized carbons (Fsp3) is 0.583. The molecular weight excluding hydrogens is 388 g/mol. The maximum atomic E-state index is 5.64. The molecule has 4 heterocycles. The molecule has 1 fully saturated rings. The van der Waals surface area contributed by atoms with Crippen LogP contribution in [-0.2, 0) is 6.42 Å². The molecule has 3 aromatic heterocycles. The van der Waals surface area contributed by atoms with Crippen LogP contribution in [0.1, 0.15) is 69.6 Å². The summed E-state index contributed by atoms with van der Waals surface area (Å²) in [5.41, 5.74) is 6.31. The number of aromatic nitrogens is 5. The van der Waals surface area contributed by atoms with Gasteiger partial charge >= 0.3 is 0 Å². The molecule has 0 saturated carbocycles. The quantitative estimate of drug-likeness (QED) is 0.556. The van der Waals surface area contributed by atoms with Crippen LogP contribution in [0, 0.1) is 6.92 Å². The fourth-order valence-corrected chi connectivity index (χ4v) is 4.42. The molecule has 1 aliphatic heterocycles. The van der Waals surface area contributed by atoms with Crippen LogP contribution in [-0.4, -0.2) is 56.4 Å². The molecule has 31 heavy (non-hydrogen) atoms. The molecule has 0 aliphatic carbocycles. The van der Waals surface area contributed by atoms with Gasteiger partial charge in [-0.1, -0.05) is 20.8 Å². The molecular formula is C24H34N6O. The van der Waals surface area contributed by atoms with E-state index < -0.39 is 0 Å². The first-order chi connectivity index (χ1) is 14.9. The Kier molecular flexibility index (Phi) is 6.23. The Bertz CT molecular complexity index is 1070. The average Bonchev–Trinajstić information content (AvgIpc) is 3.39. The van der Waals surface area contributed by atoms with Crippen LogP contribution in [0.15, 0.2) is 12.1 Å². The Morgan fingerprint density at radius 1 is 1.06 bits per heavy atom. The van der Waals surface area contributed by atoms with Gasteiger partial charge in [-0.15, -0.1) is 0 Å². The number of methoxy groups -OCH3 is 1. The van der Waals surface area contributed by atoms with E-state index in [4.69, 9.17) is 24.8 Å². The van der Waals surface area contributed by atoms with Crippen molar-refractivity contribution in [2.75, 3.05) is 26.7 Å². The molecule has 4 rings (SSSR count). The topological polar surface area (TPSA) is 69.0 Å². The molecule has 1 aliphatic rings. The van der Waals surface area contributed by atoms with Gasteiger partial charge in [0, 0.05) is 12.2 Å². The van der Waals surface area contributed by atoms with Gasteiger partial charge in [-0.25, -0.2) is 19.6 Å². The summed E-state index contributed by atoms with van der Waals surface area (Å²) in [5.74, 6) is 0.932. The molecule has 0 radical (unpaired) electrons. The minimum absolute atomic E-state index is 0.251. The molecule has 1 atom stereocenters. The molecule has 3 aromatic rings. The first kappa shape index (κ1) is 21.7. The largest absolute Gasteiger partial charge is 0.480 e. The molecule has 0 bridgehead atoms. The highest BCUT2D eigenvalue weighted by Gasteiger charge is 2.23. The summed E-state index contributed by atoms with van der Waals surface area (Å²) in [6.45, 7) is 14.0. The van der Waals surface area contributed by atoms with Gasteiger partial charge in [0.25, 0.3) is 0 Å². The Hall–Kier alpha value is -2.54. The monoisotopic (exact) mass is 422 g/mol. The van der Waals surface area contributed by atoms with Crippen molar-refractivity contribution in [2.45, 2.75) is 65.8 Å². The van der Waals surface area contributed by atoms with E-state index in [-0.39, 0.29) is 6.04 Å². The summed E-state index contributed by atoms with van der Waals surface area (Å²) in [4.78, 5) is 17.3. The average molecular weight is 423 g/mol. The van der Waals surface area contributed by atoms with Gasteiger partial charge < -0.3 is 9.64 Å². The number of nitrogens with zero attached hydrogens (tertiary/aromatic N) is 6. The lowest BCUT2D eigenvalue weighted by molar-refractivity contribution is 0.280. The zero-order chi connectivity index (χ0) is 22.1.